The summed E-state index contributed by atoms with van der Waals surface area (Å²) in [5.74, 6) is 0. The summed E-state index contributed by atoms with van der Waals surface area (Å²) in [6.07, 6.45) is 0. The number of rotatable bonds is 6. The van der Waals surface area contributed by atoms with Gasteiger partial charge in [0.05, 0.1) is 24.4 Å². The summed E-state index contributed by atoms with van der Waals surface area (Å²) in [4.78, 5) is 0. The maximum absolute atomic E-state index is 13.4. The Labute approximate surface area is 145 Å². The van der Waals surface area contributed by atoms with Crippen molar-refractivity contribution in [3.05, 3.63) is 53.6 Å². The second-order valence-corrected chi connectivity index (χ2v) is 7.43. The molecule has 0 radical (unpaired) electrons. The number of fused-ring (bicyclic) bond motifs is 1. The van der Waals surface area contributed by atoms with E-state index in [4.69, 9.17) is 20.6 Å². The lowest BCUT2D eigenvalue weighted by Crippen LogP contribution is -2.20. The van der Waals surface area contributed by atoms with E-state index in [-0.39, 0.29) is 13.2 Å². The average Bonchev–Trinajstić information content (AvgIpc) is 2.96. The summed E-state index contributed by atoms with van der Waals surface area (Å²) in [6, 6.07) is 14.7. The van der Waals surface area contributed by atoms with Crippen LogP contribution in [0.4, 0.5) is 0 Å². The van der Waals surface area contributed by atoms with E-state index >= 15 is 0 Å². The molecule has 1 aromatic heterocycles. The molecule has 0 fully saturated rings. The molecule has 24 heavy (non-hydrogen) atoms. The van der Waals surface area contributed by atoms with Crippen molar-refractivity contribution in [3.8, 4) is 5.69 Å². The van der Waals surface area contributed by atoms with Crippen LogP contribution < -0.4 is 5.44 Å². The van der Waals surface area contributed by atoms with Crippen molar-refractivity contribution in [3.63, 3.8) is 0 Å². The van der Waals surface area contributed by atoms with Crippen molar-refractivity contribution in [2.75, 3.05) is 13.2 Å². The smallest absolute Gasteiger partial charge is 0.304 e. The SMILES string of the molecule is CCOP(=O)(OCC)c1c2ccccc2nn1-c1ccc(Cl)cc1. The third-order valence-corrected chi connectivity index (χ3v) is 5.88. The number of benzene rings is 2. The predicted molar refractivity (Wildman–Crippen MR) is 96.6 cm³/mol. The van der Waals surface area contributed by atoms with E-state index in [0.717, 1.165) is 16.6 Å². The first-order valence-electron chi connectivity index (χ1n) is 7.72. The van der Waals surface area contributed by atoms with E-state index in [1.807, 2.05) is 36.4 Å². The van der Waals surface area contributed by atoms with Crippen LogP contribution in [0.15, 0.2) is 48.5 Å². The minimum absolute atomic E-state index is 0.275. The molecule has 0 saturated heterocycles. The van der Waals surface area contributed by atoms with E-state index in [2.05, 4.69) is 5.10 Å². The molecule has 0 N–H and O–H groups in total. The fraction of sp³-hybridized carbons (Fsp3) is 0.235. The zero-order chi connectivity index (χ0) is 17.2. The third-order valence-electron chi connectivity index (χ3n) is 3.48. The Hall–Kier alpha value is -1.65. The predicted octanol–water partition coefficient (Wildman–Crippen LogP) is 4.57. The van der Waals surface area contributed by atoms with E-state index < -0.39 is 7.60 Å². The van der Waals surface area contributed by atoms with E-state index in [1.54, 1.807) is 30.7 Å². The van der Waals surface area contributed by atoms with E-state index in [0.29, 0.717) is 10.5 Å². The molecule has 0 unspecified atom stereocenters. The normalized spacial score (nSPS) is 12.0. The van der Waals surface area contributed by atoms with E-state index in [9.17, 15) is 4.57 Å². The Kier molecular flexibility index (Phi) is 5.07. The molecule has 0 aliphatic carbocycles. The lowest BCUT2D eigenvalue weighted by Gasteiger charge is -2.18. The van der Waals surface area contributed by atoms with Gasteiger partial charge in [0.1, 0.15) is 0 Å². The molecule has 0 aliphatic rings. The molecule has 3 aromatic rings. The maximum atomic E-state index is 13.4. The summed E-state index contributed by atoms with van der Waals surface area (Å²) in [7, 11) is -3.52. The quantitative estimate of drug-likeness (QED) is 0.601. The van der Waals surface area contributed by atoms with Crippen LogP contribution in [-0.2, 0) is 13.6 Å². The summed E-state index contributed by atoms with van der Waals surface area (Å²) < 4.78 is 26.1. The van der Waals surface area contributed by atoms with Crippen LogP contribution in [0, 0.1) is 0 Å². The van der Waals surface area contributed by atoms with Gasteiger partial charge in [-0.2, -0.15) is 5.10 Å². The number of nitrogens with zero attached hydrogens (tertiary/aromatic N) is 2. The van der Waals surface area contributed by atoms with Gasteiger partial charge in [0.25, 0.3) is 0 Å². The topological polar surface area (TPSA) is 53.4 Å². The third kappa shape index (κ3) is 3.13. The summed E-state index contributed by atoms with van der Waals surface area (Å²) in [5.41, 5.74) is 1.90. The van der Waals surface area contributed by atoms with Crippen LogP contribution in [0.2, 0.25) is 5.02 Å². The second kappa shape index (κ2) is 7.08. The highest BCUT2D eigenvalue weighted by atomic mass is 35.5. The molecule has 0 spiro atoms. The van der Waals surface area contributed by atoms with Crippen LogP contribution in [-0.4, -0.2) is 23.0 Å². The van der Waals surface area contributed by atoms with Crippen molar-refractivity contribution in [1.82, 2.24) is 9.78 Å². The zero-order valence-electron chi connectivity index (χ0n) is 13.5. The first-order chi connectivity index (χ1) is 11.6. The van der Waals surface area contributed by atoms with Crippen LogP contribution in [0.25, 0.3) is 16.6 Å². The molecule has 0 atom stereocenters. The molecular formula is C17H18ClN2O3P. The van der Waals surface area contributed by atoms with Gasteiger partial charge in [0.15, 0.2) is 5.44 Å². The molecule has 126 valence electrons. The van der Waals surface area contributed by atoms with Crippen LogP contribution >= 0.6 is 19.2 Å². The average molecular weight is 365 g/mol. The lowest BCUT2D eigenvalue weighted by atomic mass is 10.3. The minimum atomic E-state index is -3.52. The number of hydrogen-bond acceptors (Lipinski definition) is 4. The molecular weight excluding hydrogens is 347 g/mol. The number of aromatic nitrogens is 2. The summed E-state index contributed by atoms with van der Waals surface area (Å²) >= 11 is 5.97. The fourth-order valence-corrected chi connectivity index (χ4v) is 4.55. The molecule has 5 nitrogen and oxygen atoms in total. The first kappa shape index (κ1) is 17.2. The lowest BCUT2D eigenvalue weighted by molar-refractivity contribution is 0.229. The molecule has 0 saturated carbocycles. The highest BCUT2D eigenvalue weighted by Crippen LogP contribution is 2.49. The van der Waals surface area contributed by atoms with Gasteiger partial charge >= 0.3 is 7.60 Å². The molecule has 3 rings (SSSR count). The Morgan fingerprint density at radius 2 is 1.67 bits per heavy atom. The monoisotopic (exact) mass is 364 g/mol. The van der Waals surface area contributed by atoms with Crippen LogP contribution in [0.3, 0.4) is 0 Å². The van der Waals surface area contributed by atoms with Crippen molar-refractivity contribution < 1.29 is 13.6 Å². The van der Waals surface area contributed by atoms with Gasteiger partial charge < -0.3 is 9.05 Å². The largest absolute Gasteiger partial charge is 0.380 e. The molecule has 0 bridgehead atoms. The van der Waals surface area contributed by atoms with Gasteiger partial charge in [-0.05, 0) is 44.2 Å². The van der Waals surface area contributed by atoms with E-state index in [1.165, 1.54) is 0 Å². The van der Waals surface area contributed by atoms with Gasteiger partial charge in [0, 0.05) is 10.4 Å². The maximum Gasteiger partial charge on any atom is 0.380 e. The second-order valence-electron chi connectivity index (χ2n) is 5.06. The Morgan fingerprint density at radius 3 is 2.29 bits per heavy atom. The molecule has 0 aliphatic heterocycles. The van der Waals surface area contributed by atoms with Gasteiger partial charge in [0.2, 0.25) is 0 Å². The Balaban J connectivity index is 2.29. The highest BCUT2D eigenvalue weighted by Gasteiger charge is 2.34. The minimum Gasteiger partial charge on any atom is -0.304 e. The van der Waals surface area contributed by atoms with Crippen molar-refractivity contribution in [2.24, 2.45) is 0 Å². The highest BCUT2D eigenvalue weighted by molar-refractivity contribution is 7.62. The van der Waals surface area contributed by atoms with Crippen molar-refractivity contribution in [2.45, 2.75) is 13.8 Å². The Bertz CT molecular complexity index is 882. The molecule has 2 aromatic carbocycles. The number of halogens is 1. The number of hydrogen-bond donors (Lipinski definition) is 0. The zero-order valence-corrected chi connectivity index (χ0v) is 15.1. The first-order valence-corrected chi connectivity index (χ1v) is 9.64. The van der Waals surface area contributed by atoms with Gasteiger partial charge in [-0.15, -0.1) is 0 Å². The van der Waals surface area contributed by atoms with Crippen LogP contribution in [0.1, 0.15) is 13.8 Å². The molecule has 1 heterocycles. The molecule has 0 amide bonds. The van der Waals surface area contributed by atoms with Crippen molar-refractivity contribution in [1.29, 1.82) is 0 Å². The van der Waals surface area contributed by atoms with Crippen LogP contribution in [0.5, 0.6) is 0 Å². The summed E-state index contributed by atoms with van der Waals surface area (Å²) in [6.45, 7) is 4.13. The molecule has 7 heteroatoms. The Morgan fingerprint density at radius 1 is 1.04 bits per heavy atom. The van der Waals surface area contributed by atoms with Gasteiger partial charge in [-0.3, -0.25) is 4.57 Å². The van der Waals surface area contributed by atoms with Crippen molar-refractivity contribution >= 4 is 35.5 Å². The van der Waals surface area contributed by atoms with Gasteiger partial charge in [-0.25, -0.2) is 4.68 Å². The standard InChI is InChI=1S/C17H18ClN2O3P/c1-3-22-24(21,23-4-2)17-15-7-5-6-8-16(15)19-20(17)14-11-9-13(18)10-12-14/h5-12H,3-4H2,1-2H3. The fourth-order valence-electron chi connectivity index (χ4n) is 2.54. The van der Waals surface area contributed by atoms with Gasteiger partial charge in [-0.1, -0.05) is 29.8 Å². The summed E-state index contributed by atoms with van der Waals surface area (Å²) in [5, 5.41) is 5.95.